The lowest BCUT2D eigenvalue weighted by Gasteiger charge is -2.54. The number of nitrogens with one attached hydrogen (secondary N) is 2. The number of sulfonamides is 1. The quantitative estimate of drug-likeness (QED) is 0.555. The van der Waals surface area contributed by atoms with E-state index < -0.39 is 10.0 Å². The topological polar surface area (TPSA) is 67.4 Å². The summed E-state index contributed by atoms with van der Waals surface area (Å²) in [7, 11) is -3.12. The van der Waals surface area contributed by atoms with Gasteiger partial charge >= 0.3 is 0 Å². The molecule has 0 aromatic heterocycles. The predicted molar refractivity (Wildman–Crippen MR) is 140 cm³/mol. The van der Waals surface area contributed by atoms with Gasteiger partial charge in [0, 0.05) is 18.0 Å². The highest BCUT2D eigenvalue weighted by molar-refractivity contribution is 7.88. The van der Waals surface area contributed by atoms with Crippen LogP contribution in [0.15, 0.2) is 0 Å². The minimum absolute atomic E-state index is 0.0854. The third-order valence-electron chi connectivity index (χ3n) is 12.5. The molecule has 200 valence electrons. The van der Waals surface area contributed by atoms with Crippen LogP contribution in [-0.2, 0) is 14.8 Å². The van der Waals surface area contributed by atoms with Crippen molar-refractivity contribution >= 4 is 10.0 Å². The second kappa shape index (κ2) is 8.68. The molecule has 5 nitrogen and oxygen atoms in total. The Morgan fingerprint density at radius 3 is 2.51 bits per heavy atom. The smallest absolute Gasteiger partial charge is 0.208 e. The Morgan fingerprint density at radius 2 is 1.74 bits per heavy atom. The molecule has 0 aromatic rings. The summed E-state index contributed by atoms with van der Waals surface area (Å²) in [5.74, 6) is 6.16. The molecule has 4 saturated carbocycles. The summed E-state index contributed by atoms with van der Waals surface area (Å²) in [4.78, 5) is 0. The van der Waals surface area contributed by atoms with Crippen LogP contribution in [0.5, 0.6) is 0 Å². The van der Waals surface area contributed by atoms with Crippen molar-refractivity contribution < 1.29 is 13.2 Å². The summed E-state index contributed by atoms with van der Waals surface area (Å²) in [6.07, 6.45) is 14.1. The maximum atomic E-state index is 11.9. The Labute approximate surface area is 214 Å². The van der Waals surface area contributed by atoms with Gasteiger partial charge in [0.2, 0.25) is 10.0 Å². The fourth-order valence-electron chi connectivity index (χ4n) is 10.9. The summed E-state index contributed by atoms with van der Waals surface area (Å²) in [6.45, 7) is 11.1. The van der Waals surface area contributed by atoms with Crippen LogP contribution in [0, 0.1) is 52.8 Å². The predicted octanol–water partition coefficient (Wildman–Crippen LogP) is 4.96. The molecule has 0 radical (unpaired) electrons. The molecule has 6 fully saturated rings. The molecule has 1 spiro atoms. The number of ether oxygens (including phenoxy) is 1. The van der Waals surface area contributed by atoms with Crippen LogP contribution in [0.3, 0.4) is 0 Å². The fraction of sp³-hybridized carbons (Fsp3) is 1.00. The molecule has 2 N–H and O–H groups in total. The Balaban J connectivity index is 1.18. The second-order valence-corrected chi connectivity index (χ2v) is 16.3. The van der Waals surface area contributed by atoms with E-state index in [0.29, 0.717) is 29.4 Å². The zero-order valence-corrected chi connectivity index (χ0v) is 23.6. The van der Waals surface area contributed by atoms with E-state index in [9.17, 15) is 8.42 Å². The highest BCUT2D eigenvalue weighted by atomic mass is 32.2. The first-order valence-corrected chi connectivity index (χ1v) is 16.8. The van der Waals surface area contributed by atoms with Crippen molar-refractivity contribution in [1.82, 2.24) is 10.0 Å². The number of fused-ring (bicyclic) bond motifs is 6. The van der Waals surface area contributed by atoms with Gasteiger partial charge in [-0.25, -0.2) is 13.1 Å². The molecular weight excluding hydrogens is 456 g/mol. The summed E-state index contributed by atoms with van der Waals surface area (Å²) in [5, 5.41) is 3.87. The van der Waals surface area contributed by atoms with E-state index >= 15 is 0 Å². The standard InChI is InChI=1S/C29H50N2O3S/c1-17-12-26-27(30-16-17)19(3)29(34-26)11-9-22-23-7-6-20-13-21(31-35(5,32)33)8-10-28(20,4)25(23)14-24(22)18(2)15-29/h17-27,30-31H,6-16H2,1-5H3. The van der Waals surface area contributed by atoms with E-state index in [0.717, 1.165) is 54.9 Å². The summed E-state index contributed by atoms with van der Waals surface area (Å²) in [5.41, 5.74) is 0.483. The van der Waals surface area contributed by atoms with Crippen molar-refractivity contribution in [3.8, 4) is 0 Å². The number of piperidine rings is 1. The van der Waals surface area contributed by atoms with E-state index in [1.165, 1.54) is 57.6 Å². The van der Waals surface area contributed by atoms with E-state index in [-0.39, 0.29) is 11.6 Å². The van der Waals surface area contributed by atoms with Crippen molar-refractivity contribution in [1.29, 1.82) is 0 Å². The van der Waals surface area contributed by atoms with Gasteiger partial charge < -0.3 is 10.1 Å². The van der Waals surface area contributed by atoms with Crippen molar-refractivity contribution in [2.75, 3.05) is 12.8 Å². The lowest BCUT2D eigenvalue weighted by atomic mass is 9.52. The Hall–Kier alpha value is -0.170. The molecule has 0 amide bonds. The first kappa shape index (κ1) is 25.1. The molecule has 2 heterocycles. The van der Waals surface area contributed by atoms with E-state index in [2.05, 4.69) is 37.7 Å². The molecular formula is C29H50N2O3S. The molecule has 6 heteroatoms. The molecule has 2 saturated heterocycles. The first-order chi connectivity index (χ1) is 16.5. The molecule has 35 heavy (non-hydrogen) atoms. The van der Waals surface area contributed by atoms with Gasteiger partial charge in [-0.1, -0.05) is 27.7 Å². The minimum atomic E-state index is -3.12. The zero-order chi connectivity index (χ0) is 24.8. The van der Waals surface area contributed by atoms with Crippen molar-refractivity contribution in [3.63, 3.8) is 0 Å². The van der Waals surface area contributed by atoms with Gasteiger partial charge in [-0.2, -0.15) is 0 Å². The first-order valence-electron chi connectivity index (χ1n) is 14.9. The average Bonchev–Trinajstić information content (AvgIpc) is 3.23. The van der Waals surface area contributed by atoms with E-state index in [4.69, 9.17) is 4.74 Å². The van der Waals surface area contributed by atoms with E-state index in [1.807, 2.05) is 0 Å². The van der Waals surface area contributed by atoms with Gasteiger partial charge in [0.25, 0.3) is 0 Å². The third-order valence-corrected chi connectivity index (χ3v) is 13.3. The Bertz CT molecular complexity index is 925. The number of hydrogen-bond donors (Lipinski definition) is 2. The summed E-state index contributed by atoms with van der Waals surface area (Å²) >= 11 is 0. The van der Waals surface area contributed by atoms with Gasteiger partial charge in [-0.15, -0.1) is 0 Å². The largest absolute Gasteiger partial charge is 0.370 e. The molecule has 13 unspecified atom stereocenters. The number of rotatable bonds is 2. The minimum Gasteiger partial charge on any atom is -0.370 e. The van der Waals surface area contributed by atoms with Crippen molar-refractivity contribution in [2.45, 2.75) is 116 Å². The molecule has 2 aliphatic heterocycles. The van der Waals surface area contributed by atoms with E-state index in [1.54, 1.807) is 0 Å². The molecule has 6 aliphatic rings. The maximum Gasteiger partial charge on any atom is 0.208 e. The molecule has 13 atom stereocenters. The highest BCUT2D eigenvalue weighted by Crippen LogP contribution is 2.66. The van der Waals surface area contributed by atoms with Gasteiger partial charge in [0.05, 0.1) is 18.0 Å². The van der Waals surface area contributed by atoms with Crippen LogP contribution in [0.4, 0.5) is 0 Å². The van der Waals surface area contributed by atoms with Gasteiger partial charge in [0.1, 0.15) is 0 Å². The van der Waals surface area contributed by atoms with Crippen LogP contribution in [0.2, 0.25) is 0 Å². The van der Waals surface area contributed by atoms with Gasteiger partial charge in [-0.3, -0.25) is 0 Å². The van der Waals surface area contributed by atoms with Crippen molar-refractivity contribution in [3.05, 3.63) is 0 Å². The lowest BCUT2D eigenvalue weighted by Crippen LogP contribution is -2.50. The summed E-state index contributed by atoms with van der Waals surface area (Å²) < 4.78 is 33.7. The molecule has 6 rings (SSSR count). The van der Waals surface area contributed by atoms with Gasteiger partial charge in [-0.05, 0) is 118 Å². The van der Waals surface area contributed by atoms with Crippen LogP contribution < -0.4 is 10.0 Å². The molecule has 0 aromatic carbocycles. The fourth-order valence-corrected chi connectivity index (χ4v) is 11.7. The zero-order valence-electron chi connectivity index (χ0n) is 22.8. The summed E-state index contributed by atoms with van der Waals surface area (Å²) in [6, 6.07) is 0.695. The Morgan fingerprint density at radius 1 is 0.943 bits per heavy atom. The number of hydrogen-bond acceptors (Lipinski definition) is 4. The highest BCUT2D eigenvalue weighted by Gasteiger charge is 2.61. The van der Waals surface area contributed by atoms with Crippen LogP contribution in [-0.4, -0.2) is 45.0 Å². The normalized spacial score (nSPS) is 56.1. The maximum absolute atomic E-state index is 11.9. The average molecular weight is 507 g/mol. The van der Waals surface area contributed by atoms with Crippen LogP contribution in [0.25, 0.3) is 0 Å². The SMILES string of the molecule is CC1CNC2C(C1)OC1(CCC3C(CC4C3CCC3CC(NS(C)(=O)=O)CCC34C)C(C)C1)C2C. The van der Waals surface area contributed by atoms with Crippen LogP contribution in [0.1, 0.15) is 91.9 Å². The van der Waals surface area contributed by atoms with Crippen LogP contribution >= 0.6 is 0 Å². The molecule has 0 bridgehead atoms. The lowest BCUT2D eigenvalue weighted by molar-refractivity contribution is -0.0842. The monoisotopic (exact) mass is 506 g/mol. The van der Waals surface area contributed by atoms with Crippen molar-refractivity contribution in [2.24, 2.45) is 52.8 Å². The van der Waals surface area contributed by atoms with Gasteiger partial charge in [0.15, 0.2) is 0 Å². The second-order valence-electron chi connectivity index (χ2n) is 14.5. The Kier molecular flexibility index (Phi) is 6.23. The third kappa shape index (κ3) is 4.15. The molecule has 4 aliphatic carbocycles.